The van der Waals surface area contributed by atoms with Gasteiger partial charge in [0.15, 0.2) is 0 Å². The molecule has 0 aromatic carbocycles. The van der Waals surface area contributed by atoms with Gasteiger partial charge in [0.2, 0.25) is 0 Å². The number of urea groups is 1. The maximum absolute atomic E-state index is 12.5. The topological polar surface area (TPSA) is 67.2 Å². The number of rotatable bonds is 2. The Balaban J connectivity index is 1.79. The molecule has 1 aromatic heterocycles. The highest BCUT2D eigenvalue weighted by Gasteiger charge is 2.49. The molecular formula is C17H26N4O2. The molecule has 1 saturated carbocycles. The summed E-state index contributed by atoms with van der Waals surface area (Å²) in [5, 5.41) is 7.24. The molecule has 6 heteroatoms. The van der Waals surface area contributed by atoms with E-state index in [4.69, 9.17) is 0 Å². The molecule has 0 unspecified atom stereocenters. The molecule has 2 fully saturated rings. The Morgan fingerprint density at radius 3 is 2.52 bits per heavy atom. The molecular weight excluding hydrogens is 292 g/mol. The maximum atomic E-state index is 12.5. The Kier molecular flexibility index (Phi) is 3.54. The molecule has 1 aliphatic carbocycles. The molecule has 1 aliphatic heterocycles. The van der Waals surface area contributed by atoms with Crippen LogP contribution >= 0.6 is 0 Å². The molecule has 1 N–H and O–H groups in total. The van der Waals surface area contributed by atoms with Crippen LogP contribution in [0.25, 0.3) is 0 Å². The van der Waals surface area contributed by atoms with Crippen LogP contribution in [0.5, 0.6) is 0 Å². The van der Waals surface area contributed by atoms with Gasteiger partial charge >= 0.3 is 6.03 Å². The predicted molar refractivity (Wildman–Crippen MR) is 87.1 cm³/mol. The minimum atomic E-state index is -0.789. The Hall–Kier alpha value is -1.85. The van der Waals surface area contributed by atoms with Gasteiger partial charge in [0.25, 0.3) is 5.91 Å². The number of nitrogens with zero attached hydrogens (tertiary/aromatic N) is 3. The molecule has 1 aromatic rings. The van der Waals surface area contributed by atoms with E-state index >= 15 is 0 Å². The molecule has 126 valence electrons. The van der Waals surface area contributed by atoms with Gasteiger partial charge in [-0.15, -0.1) is 0 Å². The number of carbonyl (C=O) groups is 2. The lowest BCUT2D eigenvalue weighted by Gasteiger charge is -2.26. The average Bonchev–Trinajstić information content (AvgIpc) is 3.08. The van der Waals surface area contributed by atoms with Crippen molar-refractivity contribution in [2.75, 3.05) is 0 Å². The zero-order chi connectivity index (χ0) is 17.0. The summed E-state index contributed by atoms with van der Waals surface area (Å²) in [6.07, 6.45) is 4.49. The van der Waals surface area contributed by atoms with Crippen LogP contribution in [-0.2, 0) is 10.3 Å². The van der Waals surface area contributed by atoms with Gasteiger partial charge in [-0.2, -0.15) is 5.10 Å². The van der Waals surface area contributed by atoms with Crippen LogP contribution in [0.4, 0.5) is 4.79 Å². The second-order valence-electron chi connectivity index (χ2n) is 8.23. The van der Waals surface area contributed by atoms with Crippen LogP contribution in [0.15, 0.2) is 12.3 Å². The van der Waals surface area contributed by atoms with Crippen LogP contribution in [0.2, 0.25) is 0 Å². The molecule has 1 saturated heterocycles. The van der Waals surface area contributed by atoms with Crippen molar-refractivity contribution in [3.63, 3.8) is 0 Å². The van der Waals surface area contributed by atoms with Crippen molar-refractivity contribution in [1.29, 1.82) is 0 Å². The van der Waals surface area contributed by atoms with Gasteiger partial charge in [0, 0.05) is 23.9 Å². The first kappa shape index (κ1) is 16.0. The van der Waals surface area contributed by atoms with Crippen molar-refractivity contribution in [3.8, 4) is 0 Å². The van der Waals surface area contributed by atoms with Gasteiger partial charge in [0.05, 0.1) is 5.54 Å². The van der Waals surface area contributed by atoms with E-state index in [0.717, 1.165) is 19.3 Å². The second kappa shape index (κ2) is 5.08. The molecule has 0 spiro atoms. The maximum Gasteiger partial charge on any atom is 0.325 e. The normalized spacial score (nSPS) is 27.6. The molecule has 6 nitrogen and oxygen atoms in total. The van der Waals surface area contributed by atoms with E-state index in [9.17, 15) is 9.59 Å². The third-order valence-corrected chi connectivity index (χ3v) is 4.89. The molecule has 3 rings (SSSR count). The summed E-state index contributed by atoms with van der Waals surface area (Å²) in [5.74, 6) is 0.225. The van der Waals surface area contributed by atoms with Crippen LogP contribution < -0.4 is 5.32 Å². The van der Waals surface area contributed by atoms with Gasteiger partial charge in [-0.05, 0) is 59.9 Å². The molecule has 0 bridgehead atoms. The average molecular weight is 318 g/mol. The summed E-state index contributed by atoms with van der Waals surface area (Å²) in [4.78, 5) is 26.1. The second-order valence-corrected chi connectivity index (χ2v) is 8.23. The quantitative estimate of drug-likeness (QED) is 0.852. The number of amides is 3. The fraction of sp³-hybridized carbons (Fsp3) is 0.706. The van der Waals surface area contributed by atoms with Gasteiger partial charge in [-0.1, -0.05) is 0 Å². The van der Waals surface area contributed by atoms with E-state index in [1.165, 1.54) is 10.6 Å². The van der Waals surface area contributed by atoms with E-state index in [0.29, 0.717) is 5.92 Å². The Morgan fingerprint density at radius 1 is 1.26 bits per heavy atom. The molecule has 23 heavy (non-hydrogen) atoms. The highest BCUT2D eigenvalue weighted by Crippen LogP contribution is 2.39. The van der Waals surface area contributed by atoms with E-state index in [2.05, 4.69) is 41.9 Å². The smallest absolute Gasteiger partial charge is 0.324 e. The number of nitrogens with one attached hydrogen (secondary N) is 1. The molecule has 3 amide bonds. The molecule has 0 radical (unpaired) electrons. The minimum absolute atomic E-state index is 0.0161. The Morgan fingerprint density at radius 2 is 1.96 bits per heavy atom. The van der Waals surface area contributed by atoms with Crippen molar-refractivity contribution < 1.29 is 9.59 Å². The zero-order valence-corrected chi connectivity index (χ0v) is 14.6. The summed E-state index contributed by atoms with van der Waals surface area (Å²) in [5.41, 5.74) is 0.341. The first-order valence-electron chi connectivity index (χ1n) is 8.31. The summed E-state index contributed by atoms with van der Waals surface area (Å²) >= 11 is 0. The van der Waals surface area contributed by atoms with Crippen molar-refractivity contribution in [3.05, 3.63) is 18.0 Å². The van der Waals surface area contributed by atoms with Crippen LogP contribution in [0.1, 0.15) is 65.5 Å². The van der Waals surface area contributed by atoms with E-state index in [1.807, 2.05) is 6.20 Å². The van der Waals surface area contributed by atoms with E-state index < -0.39 is 5.54 Å². The number of imide groups is 1. The van der Waals surface area contributed by atoms with Crippen molar-refractivity contribution >= 4 is 11.9 Å². The third-order valence-electron chi connectivity index (χ3n) is 4.89. The predicted octanol–water partition coefficient (Wildman–Crippen LogP) is 2.60. The lowest BCUT2D eigenvalue weighted by atomic mass is 10.0. The van der Waals surface area contributed by atoms with Crippen molar-refractivity contribution in [2.45, 2.75) is 76.9 Å². The number of hydrogen-bond acceptors (Lipinski definition) is 3. The van der Waals surface area contributed by atoms with Crippen molar-refractivity contribution in [2.24, 2.45) is 0 Å². The van der Waals surface area contributed by atoms with Gasteiger partial charge in [-0.25, -0.2) is 4.79 Å². The molecule has 2 atom stereocenters. The number of hydrogen-bond donors (Lipinski definition) is 1. The number of carbonyl (C=O) groups excluding carboxylic acids is 2. The van der Waals surface area contributed by atoms with Gasteiger partial charge in [-0.3, -0.25) is 14.4 Å². The number of aromatic nitrogens is 2. The lowest BCUT2D eigenvalue weighted by molar-refractivity contribution is -0.131. The minimum Gasteiger partial charge on any atom is -0.324 e. The summed E-state index contributed by atoms with van der Waals surface area (Å²) < 4.78 is 2.07. The van der Waals surface area contributed by atoms with Crippen LogP contribution in [0, 0.1) is 0 Å². The van der Waals surface area contributed by atoms with E-state index in [1.54, 1.807) is 13.8 Å². The van der Waals surface area contributed by atoms with Crippen LogP contribution in [-0.4, -0.2) is 38.2 Å². The van der Waals surface area contributed by atoms with Crippen molar-refractivity contribution in [1.82, 2.24) is 20.0 Å². The SMILES string of the molecule is CC1(C)NC(=O)N([C@@H]2CC[C@H](c3ccnn3C(C)(C)C)C2)C1=O. The summed E-state index contributed by atoms with van der Waals surface area (Å²) in [6, 6.07) is 1.79. The zero-order valence-electron chi connectivity index (χ0n) is 14.6. The first-order valence-corrected chi connectivity index (χ1v) is 8.31. The molecule has 2 aliphatic rings. The highest BCUT2D eigenvalue weighted by atomic mass is 16.2. The monoisotopic (exact) mass is 318 g/mol. The van der Waals surface area contributed by atoms with Crippen LogP contribution in [0.3, 0.4) is 0 Å². The summed E-state index contributed by atoms with van der Waals surface area (Å²) in [7, 11) is 0. The Bertz CT molecular complexity index is 641. The third kappa shape index (κ3) is 2.64. The first-order chi connectivity index (χ1) is 10.6. The largest absolute Gasteiger partial charge is 0.325 e. The molecule has 2 heterocycles. The standard InChI is InChI=1S/C17H26N4O2/c1-16(2,3)21-13(8-9-18-21)11-6-7-12(10-11)20-14(22)17(4,5)19-15(20)23/h8-9,11-12H,6-7,10H2,1-5H3,(H,19,23)/t11-,12+/m0/s1. The fourth-order valence-electron chi connectivity index (χ4n) is 3.75. The lowest BCUT2D eigenvalue weighted by Crippen LogP contribution is -2.42. The Labute approximate surface area is 137 Å². The summed E-state index contributed by atoms with van der Waals surface area (Å²) in [6.45, 7) is 9.92. The fourth-order valence-corrected chi connectivity index (χ4v) is 3.75. The van der Waals surface area contributed by atoms with Gasteiger partial charge in [0.1, 0.15) is 5.54 Å². The van der Waals surface area contributed by atoms with Gasteiger partial charge < -0.3 is 5.32 Å². The highest BCUT2D eigenvalue weighted by molar-refractivity contribution is 6.06. The van der Waals surface area contributed by atoms with E-state index in [-0.39, 0.29) is 23.5 Å².